The second kappa shape index (κ2) is 6.17. The van der Waals surface area contributed by atoms with Crippen LogP contribution in [-0.4, -0.2) is 11.5 Å². The lowest BCUT2D eigenvalue weighted by Gasteiger charge is -2.12. The second-order valence-corrected chi connectivity index (χ2v) is 4.13. The van der Waals surface area contributed by atoms with Crippen LogP contribution in [0, 0.1) is 6.92 Å². The van der Waals surface area contributed by atoms with Gasteiger partial charge in [0, 0.05) is 24.5 Å². The molecule has 0 spiro atoms. The van der Waals surface area contributed by atoms with E-state index in [0.29, 0.717) is 0 Å². The molecule has 0 amide bonds. The molecule has 0 radical (unpaired) electrons. The summed E-state index contributed by atoms with van der Waals surface area (Å²) in [4.78, 5) is 4.14. The number of hydrogen-bond acceptors (Lipinski definition) is 3. The van der Waals surface area contributed by atoms with Gasteiger partial charge in [0.25, 0.3) is 0 Å². The van der Waals surface area contributed by atoms with Gasteiger partial charge in [-0.1, -0.05) is 25.1 Å². The molecule has 0 bridgehead atoms. The number of aromatic nitrogens is 1. The molecular formula is C15H18N2O. The summed E-state index contributed by atoms with van der Waals surface area (Å²) in [5.74, 6) is 1.75. The summed E-state index contributed by atoms with van der Waals surface area (Å²) in [5.41, 5.74) is 2.20. The van der Waals surface area contributed by atoms with Gasteiger partial charge in [0.1, 0.15) is 11.5 Å². The highest BCUT2D eigenvalue weighted by Gasteiger charge is 2.05. The van der Waals surface area contributed by atoms with E-state index in [4.69, 9.17) is 4.74 Å². The fourth-order valence-electron chi connectivity index (χ4n) is 1.70. The van der Waals surface area contributed by atoms with Crippen molar-refractivity contribution >= 4 is 0 Å². The number of nitrogens with one attached hydrogen (secondary N) is 1. The van der Waals surface area contributed by atoms with Gasteiger partial charge in [0.15, 0.2) is 0 Å². The molecule has 0 aliphatic rings. The number of pyridine rings is 1. The molecule has 3 nitrogen and oxygen atoms in total. The molecule has 1 aromatic carbocycles. The van der Waals surface area contributed by atoms with Gasteiger partial charge in [-0.05, 0) is 31.2 Å². The first-order chi connectivity index (χ1) is 8.81. The summed E-state index contributed by atoms with van der Waals surface area (Å²) < 4.78 is 5.96. The van der Waals surface area contributed by atoms with Crippen LogP contribution < -0.4 is 10.1 Å². The van der Waals surface area contributed by atoms with Crippen LogP contribution in [0.2, 0.25) is 0 Å². The van der Waals surface area contributed by atoms with Crippen LogP contribution in [0.3, 0.4) is 0 Å². The van der Waals surface area contributed by atoms with Gasteiger partial charge in [-0.2, -0.15) is 0 Å². The minimum atomic E-state index is 0.769. The molecule has 18 heavy (non-hydrogen) atoms. The molecule has 0 saturated carbocycles. The van der Waals surface area contributed by atoms with E-state index in [1.807, 2.05) is 43.5 Å². The molecule has 3 heteroatoms. The predicted molar refractivity (Wildman–Crippen MR) is 72.9 cm³/mol. The standard InChI is InChI=1S/C15H18N2O/c1-3-16-10-13-11-17-9-8-15(13)18-14-7-5-4-6-12(14)2/h4-9,11,16H,3,10H2,1-2H3. The van der Waals surface area contributed by atoms with Crippen molar-refractivity contribution in [3.05, 3.63) is 53.9 Å². The highest BCUT2D eigenvalue weighted by atomic mass is 16.5. The summed E-state index contributed by atoms with van der Waals surface area (Å²) in [6, 6.07) is 9.91. The zero-order chi connectivity index (χ0) is 12.8. The quantitative estimate of drug-likeness (QED) is 0.873. The monoisotopic (exact) mass is 242 g/mol. The number of hydrogen-bond donors (Lipinski definition) is 1. The Hall–Kier alpha value is -1.87. The van der Waals surface area contributed by atoms with Gasteiger partial charge in [0.05, 0.1) is 0 Å². The summed E-state index contributed by atoms with van der Waals surface area (Å²) in [7, 11) is 0. The Morgan fingerprint density at radius 1 is 1.17 bits per heavy atom. The van der Waals surface area contributed by atoms with Crippen molar-refractivity contribution in [2.45, 2.75) is 20.4 Å². The maximum absolute atomic E-state index is 5.96. The van der Waals surface area contributed by atoms with Gasteiger partial charge in [-0.3, -0.25) is 4.98 Å². The first kappa shape index (κ1) is 12.6. The molecule has 0 aliphatic carbocycles. The lowest BCUT2D eigenvalue weighted by Crippen LogP contribution is -2.12. The van der Waals surface area contributed by atoms with E-state index in [2.05, 4.69) is 17.2 Å². The zero-order valence-electron chi connectivity index (χ0n) is 10.8. The second-order valence-electron chi connectivity index (χ2n) is 4.13. The van der Waals surface area contributed by atoms with Crippen LogP contribution in [0.5, 0.6) is 11.5 Å². The minimum absolute atomic E-state index is 0.769. The maximum Gasteiger partial charge on any atom is 0.135 e. The number of ether oxygens (including phenoxy) is 1. The highest BCUT2D eigenvalue weighted by Crippen LogP contribution is 2.26. The first-order valence-corrected chi connectivity index (χ1v) is 6.18. The smallest absolute Gasteiger partial charge is 0.135 e. The third kappa shape index (κ3) is 3.08. The fraction of sp³-hybridized carbons (Fsp3) is 0.267. The number of rotatable bonds is 5. The van der Waals surface area contributed by atoms with E-state index in [1.165, 1.54) is 0 Å². The maximum atomic E-state index is 5.96. The molecule has 0 saturated heterocycles. The van der Waals surface area contributed by atoms with Crippen molar-refractivity contribution < 1.29 is 4.74 Å². The highest BCUT2D eigenvalue weighted by molar-refractivity contribution is 5.39. The number of benzene rings is 1. The van der Waals surface area contributed by atoms with Crippen LogP contribution in [0.15, 0.2) is 42.7 Å². The summed E-state index contributed by atoms with van der Waals surface area (Å²) in [6.07, 6.45) is 3.60. The Bertz CT molecular complexity index is 511. The molecule has 0 aliphatic heterocycles. The van der Waals surface area contributed by atoms with Crippen LogP contribution >= 0.6 is 0 Å². The Balaban J connectivity index is 2.21. The minimum Gasteiger partial charge on any atom is -0.457 e. The average molecular weight is 242 g/mol. The molecule has 1 aromatic heterocycles. The van der Waals surface area contributed by atoms with Crippen LogP contribution in [0.4, 0.5) is 0 Å². The molecule has 2 aromatic rings. The summed E-state index contributed by atoms with van der Waals surface area (Å²) in [6.45, 7) is 5.82. The zero-order valence-corrected chi connectivity index (χ0v) is 10.8. The van der Waals surface area contributed by atoms with Gasteiger partial charge in [0.2, 0.25) is 0 Å². The third-order valence-corrected chi connectivity index (χ3v) is 2.74. The van der Waals surface area contributed by atoms with E-state index in [-0.39, 0.29) is 0 Å². The van der Waals surface area contributed by atoms with Crippen molar-refractivity contribution in [1.29, 1.82) is 0 Å². The molecule has 94 valence electrons. The van der Waals surface area contributed by atoms with E-state index in [9.17, 15) is 0 Å². The van der Waals surface area contributed by atoms with Crippen LogP contribution in [-0.2, 0) is 6.54 Å². The van der Waals surface area contributed by atoms with Crippen molar-refractivity contribution in [3.8, 4) is 11.5 Å². The molecule has 0 unspecified atom stereocenters. The van der Waals surface area contributed by atoms with E-state index in [1.54, 1.807) is 6.20 Å². The number of para-hydroxylation sites is 1. The number of aryl methyl sites for hydroxylation is 1. The normalized spacial score (nSPS) is 10.3. The lowest BCUT2D eigenvalue weighted by molar-refractivity contribution is 0.468. The largest absolute Gasteiger partial charge is 0.457 e. The molecule has 2 rings (SSSR count). The van der Waals surface area contributed by atoms with Crippen molar-refractivity contribution in [2.24, 2.45) is 0 Å². The van der Waals surface area contributed by atoms with Crippen LogP contribution in [0.25, 0.3) is 0 Å². The lowest BCUT2D eigenvalue weighted by atomic mass is 10.2. The average Bonchev–Trinajstić information content (AvgIpc) is 2.40. The Morgan fingerprint density at radius 2 is 2.00 bits per heavy atom. The predicted octanol–water partition coefficient (Wildman–Crippen LogP) is 3.29. The molecular weight excluding hydrogens is 224 g/mol. The Morgan fingerprint density at radius 3 is 2.78 bits per heavy atom. The van der Waals surface area contributed by atoms with Gasteiger partial charge in [-0.15, -0.1) is 0 Å². The van der Waals surface area contributed by atoms with E-state index >= 15 is 0 Å². The van der Waals surface area contributed by atoms with Gasteiger partial charge in [-0.25, -0.2) is 0 Å². The van der Waals surface area contributed by atoms with Gasteiger partial charge >= 0.3 is 0 Å². The van der Waals surface area contributed by atoms with Crippen molar-refractivity contribution in [3.63, 3.8) is 0 Å². The SMILES string of the molecule is CCNCc1cnccc1Oc1ccccc1C. The molecule has 0 fully saturated rings. The van der Waals surface area contributed by atoms with E-state index in [0.717, 1.165) is 35.7 Å². The fourth-order valence-corrected chi connectivity index (χ4v) is 1.70. The van der Waals surface area contributed by atoms with Crippen LogP contribution in [0.1, 0.15) is 18.1 Å². The molecule has 1 N–H and O–H groups in total. The Kier molecular flexibility index (Phi) is 4.31. The third-order valence-electron chi connectivity index (χ3n) is 2.74. The molecule has 0 atom stereocenters. The van der Waals surface area contributed by atoms with Crippen molar-refractivity contribution in [2.75, 3.05) is 6.54 Å². The van der Waals surface area contributed by atoms with Gasteiger partial charge < -0.3 is 10.1 Å². The van der Waals surface area contributed by atoms with E-state index < -0.39 is 0 Å². The topological polar surface area (TPSA) is 34.2 Å². The summed E-state index contributed by atoms with van der Waals surface area (Å²) in [5, 5.41) is 3.29. The summed E-state index contributed by atoms with van der Waals surface area (Å²) >= 11 is 0. The number of nitrogens with zero attached hydrogens (tertiary/aromatic N) is 1. The molecule has 1 heterocycles. The van der Waals surface area contributed by atoms with Crippen molar-refractivity contribution in [1.82, 2.24) is 10.3 Å². The Labute approximate surface area is 108 Å². The first-order valence-electron chi connectivity index (χ1n) is 6.18.